The predicted molar refractivity (Wildman–Crippen MR) is 47.6 cm³/mol. The first-order valence-corrected chi connectivity index (χ1v) is 4.43. The maximum absolute atomic E-state index is 10.5. The summed E-state index contributed by atoms with van der Waals surface area (Å²) >= 11 is 1.46. The lowest BCUT2D eigenvalue weighted by Gasteiger charge is -2.06. The molecule has 1 heterocycles. The standard InChI is InChI=1S/C7H11N3OS/c1-4-7(12-3-10-4)5(8)2-6(9)11/h3,5H,2,8H2,1H3,(H2,9,11). The fourth-order valence-corrected chi connectivity index (χ4v) is 1.78. The van der Waals surface area contributed by atoms with E-state index in [0.29, 0.717) is 0 Å². The summed E-state index contributed by atoms with van der Waals surface area (Å²) in [5.41, 5.74) is 13.3. The Morgan fingerprint density at radius 1 is 1.83 bits per heavy atom. The summed E-state index contributed by atoms with van der Waals surface area (Å²) in [5, 5.41) is 0. The summed E-state index contributed by atoms with van der Waals surface area (Å²) in [6, 6.07) is -0.296. The van der Waals surface area contributed by atoms with E-state index in [1.54, 1.807) is 5.51 Å². The molecule has 0 fully saturated rings. The molecule has 1 rings (SSSR count). The van der Waals surface area contributed by atoms with Crippen molar-refractivity contribution >= 4 is 17.2 Å². The van der Waals surface area contributed by atoms with Gasteiger partial charge in [0.25, 0.3) is 0 Å². The Morgan fingerprint density at radius 3 is 2.92 bits per heavy atom. The summed E-state index contributed by atoms with van der Waals surface area (Å²) in [6.45, 7) is 1.87. The molecular weight excluding hydrogens is 174 g/mol. The number of carbonyl (C=O) groups is 1. The van der Waals surface area contributed by atoms with Crippen LogP contribution in [-0.2, 0) is 4.79 Å². The van der Waals surface area contributed by atoms with E-state index in [4.69, 9.17) is 11.5 Å². The fourth-order valence-electron chi connectivity index (χ4n) is 0.976. The van der Waals surface area contributed by atoms with Gasteiger partial charge in [-0.25, -0.2) is 4.98 Å². The van der Waals surface area contributed by atoms with Gasteiger partial charge in [0, 0.05) is 17.3 Å². The highest BCUT2D eigenvalue weighted by molar-refractivity contribution is 7.09. The Morgan fingerprint density at radius 2 is 2.50 bits per heavy atom. The van der Waals surface area contributed by atoms with Crippen LogP contribution in [0.15, 0.2) is 5.51 Å². The fraction of sp³-hybridized carbons (Fsp3) is 0.429. The monoisotopic (exact) mass is 185 g/mol. The van der Waals surface area contributed by atoms with Crippen molar-refractivity contribution in [3.05, 3.63) is 16.1 Å². The molecule has 1 unspecified atom stereocenters. The van der Waals surface area contributed by atoms with Gasteiger partial charge in [0.15, 0.2) is 0 Å². The third-order valence-corrected chi connectivity index (χ3v) is 2.60. The highest BCUT2D eigenvalue weighted by Crippen LogP contribution is 2.21. The highest BCUT2D eigenvalue weighted by atomic mass is 32.1. The second-order valence-electron chi connectivity index (χ2n) is 2.58. The van der Waals surface area contributed by atoms with Crippen LogP contribution in [0.1, 0.15) is 23.0 Å². The van der Waals surface area contributed by atoms with Gasteiger partial charge in [0.2, 0.25) is 5.91 Å². The van der Waals surface area contributed by atoms with Crippen LogP contribution in [0.25, 0.3) is 0 Å². The number of carbonyl (C=O) groups excluding carboxylic acids is 1. The first-order chi connectivity index (χ1) is 5.61. The average Bonchev–Trinajstić information content (AvgIpc) is 2.33. The van der Waals surface area contributed by atoms with Gasteiger partial charge in [-0.15, -0.1) is 11.3 Å². The Hall–Kier alpha value is -0.940. The van der Waals surface area contributed by atoms with Gasteiger partial charge < -0.3 is 11.5 Å². The largest absolute Gasteiger partial charge is 0.370 e. The number of rotatable bonds is 3. The number of aryl methyl sites for hydroxylation is 1. The number of primary amides is 1. The second-order valence-corrected chi connectivity index (χ2v) is 3.47. The third kappa shape index (κ3) is 2.02. The summed E-state index contributed by atoms with van der Waals surface area (Å²) < 4.78 is 0. The van der Waals surface area contributed by atoms with Crippen LogP contribution in [0.4, 0.5) is 0 Å². The van der Waals surface area contributed by atoms with E-state index in [1.807, 2.05) is 6.92 Å². The molecule has 1 aromatic heterocycles. The average molecular weight is 185 g/mol. The molecule has 1 aromatic rings. The van der Waals surface area contributed by atoms with Crippen molar-refractivity contribution in [3.8, 4) is 0 Å². The number of thiazole rings is 1. The van der Waals surface area contributed by atoms with Crippen molar-refractivity contribution in [2.24, 2.45) is 11.5 Å². The molecule has 4 N–H and O–H groups in total. The van der Waals surface area contributed by atoms with E-state index in [-0.39, 0.29) is 18.4 Å². The van der Waals surface area contributed by atoms with Crippen molar-refractivity contribution in [3.63, 3.8) is 0 Å². The van der Waals surface area contributed by atoms with Gasteiger partial charge in [-0.1, -0.05) is 0 Å². The van der Waals surface area contributed by atoms with Crippen LogP contribution in [0, 0.1) is 6.92 Å². The lowest BCUT2D eigenvalue weighted by molar-refractivity contribution is -0.118. The molecule has 0 aliphatic heterocycles. The summed E-state index contributed by atoms with van der Waals surface area (Å²) in [6.07, 6.45) is 0.184. The van der Waals surface area contributed by atoms with E-state index in [9.17, 15) is 4.79 Å². The second kappa shape index (κ2) is 3.64. The topological polar surface area (TPSA) is 82.0 Å². The first kappa shape index (κ1) is 9.15. The molecule has 0 bridgehead atoms. The molecule has 0 aliphatic carbocycles. The molecule has 0 aromatic carbocycles. The Kier molecular flexibility index (Phi) is 2.78. The van der Waals surface area contributed by atoms with Gasteiger partial charge in [-0.3, -0.25) is 4.79 Å². The van der Waals surface area contributed by atoms with Crippen molar-refractivity contribution in [1.29, 1.82) is 0 Å². The van der Waals surface area contributed by atoms with Crippen LogP contribution in [0.5, 0.6) is 0 Å². The minimum atomic E-state index is -0.379. The van der Waals surface area contributed by atoms with Crippen LogP contribution >= 0.6 is 11.3 Å². The summed E-state index contributed by atoms with van der Waals surface area (Å²) in [5.74, 6) is -0.379. The minimum Gasteiger partial charge on any atom is -0.370 e. The zero-order valence-electron chi connectivity index (χ0n) is 6.78. The Bertz CT molecular complexity index is 284. The molecule has 12 heavy (non-hydrogen) atoms. The molecule has 5 heteroatoms. The van der Waals surface area contributed by atoms with Gasteiger partial charge in [-0.05, 0) is 6.92 Å². The van der Waals surface area contributed by atoms with Crippen LogP contribution in [0.3, 0.4) is 0 Å². The van der Waals surface area contributed by atoms with Crippen LogP contribution in [-0.4, -0.2) is 10.9 Å². The Balaban J connectivity index is 2.71. The molecule has 1 atom stereocenters. The van der Waals surface area contributed by atoms with Crippen molar-refractivity contribution in [1.82, 2.24) is 4.98 Å². The molecule has 0 radical (unpaired) electrons. The summed E-state index contributed by atoms with van der Waals surface area (Å²) in [7, 11) is 0. The normalized spacial score (nSPS) is 12.8. The lowest BCUT2D eigenvalue weighted by atomic mass is 10.1. The summed E-state index contributed by atoms with van der Waals surface area (Å²) in [4.78, 5) is 15.5. The first-order valence-electron chi connectivity index (χ1n) is 3.55. The van der Waals surface area contributed by atoms with Gasteiger partial charge in [-0.2, -0.15) is 0 Å². The van der Waals surface area contributed by atoms with E-state index >= 15 is 0 Å². The lowest BCUT2D eigenvalue weighted by Crippen LogP contribution is -2.20. The number of hydrogen-bond acceptors (Lipinski definition) is 4. The molecule has 0 spiro atoms. The maximum Gasteiger partial charge on any atom is 0.219 e. The molecular formula is C7H11N3OS. The molecule has 1 amide bonds. The number of nitrogens with zero attached hydrogens (tertiary/aromatic N) is 1. The predicted octanol–water partition coefficient (Wildman–Crippen LogP) is 0.327. The van der Waals surface area contributed by atoms with Crippen molar-refractivity contribution in [2.75, 3.05) is 0 Å². The molecule has 4 nitrogen and oxygen atoms in total. The number of hydrogen-bond donors (Lipinski definition) is 2. The SMILES string of the molecule is Cc1ncsc1C(N)CC(N)=O. The van der Waals surface area contributed by atoms with Gasteiger partial charge in [0.1, 0.15) is 0 Å². The van der Waals surface area contributed by atoms with E-state index in [1.165, 1.54) is 11.3 Å². The van der Waals surface area contributed by atoms with Gasteiger partial charge >= 0.3 is 0 Å². The zero-order valence-corrected chi connectivity index (χ0v) is 7.60. The van der Waals surface area contributed by atoms with E-state index in [0.717, 1.165) is 10.6 Å². The Labute approximate surface area is 74.6 Å². The van der Waals surface area contributed by atoms with Crippen molar-refractivity contribution < 1.29 is 4.79 Å². The van der Waals surface area contributed by atoms with Gasteiger partial charge in [0.05, 0.1) is 11.2 Å². The highest BCUT2D eigenvalue weighted by Gasteiger charge is 2.13. The van der Waals surface area contributed by atoms with E-state index < -0.39 is 0 Å². The molecule has 0 aliphatic rings. The zero-order chi connectivity index (χ0) is 9.14. The van der Waals surface area contributed by atoms with Crippen molar-refractivity contribution in [2.45, 2.75) is 19.4 Å². The molecule has 0 saturated heterocycles. The smallest absolute Gasteiger partial charge is 0.219 e. The quantitative estimate of drug-likeness (QED) is 0.711. The number of aromatic nitrogens is 1. The van der Waals surface area contributed by atoms with Crippen LogP contribution in [0.2, 0.25) is 0 Å². The molecule has 66 valence electrons. The van der Waals surface area contributed by atoms with Crippen LogP contribution < -0.4 is 11.5 Å². The maximum atomic E-state index is 10.5. The third-order valence-electron chi connectivity index (χ3n) is 1.54. The molecule has 0 saturated carbocycles. The van der Waals surface area contributed by atoms with E-state index in [2.05, 4.69) is 4.98 Å². The number of amides is 1. The number of nitrogens with two attached hydrogens (primary N) is 2. The minimum absolute atomic E-state index is 0.184.